The Kier molecular flexibility index (Phi) is 5.52. The number of rotatable bonds is 5. The standard InChI is InChI=1S/C19H20O4/c1-13-4-9-17(14(2)10-13)19(21)23-12-16-7-5-15(6-8-16)11-18(20)22-3/h4-10H,11-12H2,1-3H3. The van der Waals surface area contributed by atoms with Gasteiger partial charge in [0.2, 0.25) is 0 Å². The predicted octanol–water partition coefficient (Wildman–Crippen LogP) is 3.38. The van der Waals surface area contributed by atoms with Gasteiger partial charge in [0.25, 0.3) is 0 Å². The largest absolute Gasteiger partial charge is 0.469 e. The topological polar surface area (TPSA) is 52.6 Å². The van der Waals surface area contributed by atoms with Crippen LogP contribution >= 0.6 is 0 Å². The van der Waals surface area contributed by atoms with Crippen molar-refractivity contribution in [2.75, 3.05) is 7.11 Å². The van der Waals surface area contributed by atoms with Crippen LogP contribution in [0, 0.1) is 13.8 Å². The summed E-state index contributed by atoms with van der Waals surface area (Å²) >= 11 is 0. The molecule has 0 aliphatic heterocycles. The molecule has 2 rings (SSSR count). The predicted molar refractivity (Wildman–Crippen MR) is 87.2 cm³/mol. The fraction of sp³-hybridized carbons (Fsp3) is 0.263. The van der Waals surface area contributed by atoms with Crippen LogP contribution in [0.3, 0.4) is 0 Å². The Labute approximate surface area is 136 Å². The number of carbonyl (C=O) groups excluding carboxylic acids is 2. The Morgan fingerprint density at radius 2 is 1.61 bits per heavy atom. The van der Waals surface area contributed by atoms with Crippen LogP contribution in [0.15, 0.2) is 42.5 Å². The van der Waals surface area contributed by atoms with E-state index in [1.807, 2.05) is 50.2 Å². The number of ether oxygens (including phenoxy) is 2. The molecule has 120 valence electrons. The highest BCUT2D eigenvalue weighted by molar-refractivity contribution is 5.91. The molecule has 0 aliphatic rings. The molecule has 0 heterocycles. The van der Waals surface area contributed by atoms with Crippen molar-refractivity contribution in [3.05, 3.63) is 70.3 Å². The third-order valence-corrected chi connectivity index (χ3v) is 3.57. The average Bonchev–Trinajstić information content (AvgIpc) is 2.53. The quantitative estimate of drug-likeness (QED) is 0.794. The highest BCUT2D eigenvalue weighted by atomic mass is 16.5. The molecule has 0 bridgehead atoms. The lowest BCUT2D eigenvalue weighted by Gasteiger charge is -2.08. The van der Waals surface area contributed by atoms with E-state index in [1.165, 1.54) is 7.11 Å². The van der Waals surface area contributed by atoms with Crippen molar-refractivity contribution in [3.8, 4) is 0 Å². The molecule has 0 radical (unpaired) electrons. The van der Waals surface area contributed by atoms with Gasteiger partial charge in [0.05, 0.1) is 19.1 Å². The molecule has 0 fully saturated rings. The zero-order chi connectivity index (χ0) is 16.8. The van der Waals surface area contributed by atoms with Crippen molar-refractivity contribution in [2.24, 2.45) is 0 Å². The second kappa shape index (κ2) is 7.58. The smallest absolute Gasteiger partial charge is 0.338 e. The van der Waals surface area contributed by atoms with Crippen LogP contribution in [0.25, 0.3) is 0 Å². The van der Waals surface area contributed by atoms with Crippen molar-refractivity contribution in [1.29, 1.82) is 0 Å². The maximum Gasteiger partial charge on any atom is 0.338 e. The monoisotopic (exact) mass is 312 g/mol. The molecule has 2 aromatic carbocycles. The summed E-state index contributed by atoms with van der Waals surface area (Å²) in [5.41, 5.74) is 4.33. The van der Waals surface area contributed by atoms with Crippen molar-refractivity contribution in [1.82, 2.24) is 0 Å². The number of methoxy groups -OCH3 is 1. The molecule has 0 amide bonds. The van der Waals surface area contributed by atoms with E-state index in [2.05, 4.69) is 4.74 Å². The number of benzene rings is 2. The summed E-state index contributed by atoms with van der Waals surface area (Å²) in [6.45, 7) is 4.08. The number of hydrogen-bond donors (Lipinski definition) is 0. The second-order valence-electron chi connectivity index (χ2n) is 5.46. The van der Waals surface area contributed by atoms with Gasteiger partial charge in [-0.2, -0.15) is 0 Å². The SMILES string of the molecule is COC(=O)Cc1ccc(COC(=O)c2ccc(C)cc2C)cc1. The van der Waals surface area contributed by atoms with Crippen molar-refractivity contribution < 1.29 is 19.1 Å². The number of aryl methyl sites for hydroxylation is 2. The fourth-order valence-electron chi connectivity index (χ4n) is 2.26. The summed E-state index contributed by atoms with van der Waals surface area (Å²) in [5, 5.41) is 0. The third-order valence-electron chi connectivity index (χ3n) is 3.57. The summed E-state index contributed by atoms with van der Waals surface area (Å²) in [7, 11) is 1.36. The van der Waals surface area contributed by atoms with Gasteiger partial charge >= 0.3 is 11.9 Å². The molecular formula is C19H20O4. The van der Waals surface area contributed by atoms with E-state index in [0.29, 0.717) is 5.56 Å². The lowest BCUT2D eigenvalue weighted by Crippen LogP contribution is -2.07. The van der Waals surface area contributed by atoms with Gasteiger partial charge in [0.1, 0.15) is 6.61 Å². The average molecular weight is 312 g/mol. The first kappa shape index (κ1) is 16.7. The summed E-state index contributed by atoms with van der Waals surface area (Å²) in [6.07, 6.45) is 0.235. The molecule has 4 nitrogen and oxygen atoms in total. The Morgan fingerprint density at radius 3 is 2.22 bits per heavy atom. The summed E-state index contributed by atoms with van der Waals surface area (Å²) in [4.78, 5) is 23.3. The molecule has 0 saturated carbocycles. The minimum Gasteiger partial charge on any atom is -0.469 e. The molecule has 0 spiro atoms. The molecule has 0 unspecified atom stereocenters. The van der Waals surface area contributed by atoms with Gasteiger partial charge in [0, 0.05) is 0 Å². The highest BCUT2D eigenvalue weighted by Gasteiger charge is 2.10. The number of esters is 2. The summed E-state index contributed by atoms with van der Waals surface area (Å²) in [5.74, 6) is -0.611. The van der Waals surface area contributed by atoms with Crippen LogP contribution in [-0.4, -0.2) is 19.0 Å². The Hall–Kier alpha value is -2.62. The molecule has 0 saturated heterocycles. The molecule has 0 aliphatic carbocycles. The van der Waals surface area contributed by atoms with Crippen LogP contribution in [0.5, 0.6) is 0 Å². The van der Waals surface area contributed by atoms with Gasteiger partial charge in [0.15, 0.2) is 0 Å². The van der Waals surface area contributed by atoms with Gasteiger partial charge in [-0.1, -0.05) is 42.0 Å². The van der Waals surface area contributed by atoms with Crippen LogP contribution in [-0.2, 0) is 27.3 Å². The van der Waals surface area contributed by atoms with Crippen LogP contribution < -0.4 is 0 Å². The fourth-order valence-corrected chi connectivity index (χ4v) is 2.26. The Bertz CT molecular complexity index is 702. The summed E-state index contributed by atoms with van der Waals surface area (Å²) in [6, 6.07) is 13.0. The van der Waals surface area contributed by atoms with Gasteiger partial charge in [-0.05, 0) is 36.6 Å². The third kappa shape index (κ3) is 4.68. The number of hydrogen-bond acceptors (Lipinski definition) is 4. The Balaban J connectivity index is 1.95. The van der Waals surface area contributed by atoms with E-state index in [0.717, 1.165) is 22.3 Å². The minimum atomic E-state index is -0.332. The van der Waals surface area contributed by atoms with Crippen molar-refractivity contribution in [2.45, 2.75) is 26.9 Å². The molecule has 2 aromatic rings. The molecular weight excluding hydrogens is 292 g/mol. The molecule has 4 heteroatoms. The lowest BCUT2D eigenvalue weighted by molar-refractivity contribution is -0.139. The van der Waals surface area contributed by atoms with E-state index in [9.17, 15) is 9.59 Å². The molecule has 23 heavy (non-hydrogen) atoms. The van der Waals surface area contributed by atoms with Gasteiger partial charge < -0.3 is 9.47 Å². The van der Waals surface area contributed by atoms with E-state index in [-0.39, 0.29) is 25.0 Å². The zero-order valence-electron chi connectivity index (χ0n) is 13.6. The van der Waals surface area contributed by atoms with Crippen LogP contribution in [0.2, 0.25) is 0 Å². The molecule has 0 atom stereocenters. The van der Waals surface area contributed by atoms with E-state index >= 15 is 0 Å². The number of carbonyl (C=O) groups is 2. The first-order chi connectivity index (χ1) is 11.0. The van der Waals surface area contributed by atoms with E-state index < -0.39 is 0 Å². The van der Waals surface area contributed by atoms with Gasteiger partial charge in [-0.15, -0.1) is 0 Å². The van der Waals surface area contributed by atoms with E-state index in [1.54, 1.807) is 6.07 Å². The Morgan fingerprint density at radius 1 is 0.957 bits per heavy atom. The maximum absolute atomic E-state index is 12.1. The van der Waals surface area contributed by atoms with Crippen LogP contribution in [0.1, 0.15) is 32.6 Å². The highest BCUT2D eigenvalue weighted by Crippen LogP contribution is 2.13. The molecule has 0 aromatic heterocycles. The first-order valence-electron chi connectivity index (χ1n) is 7.38. The first-order valence-corrected chi connectivity index (χ1v) is 7.38. The van der Waals surface area contributed by atoms with E-state index in [4.69, 9.17) is 4.74 Å². The lowest BCUT2D eigenvalue weighted by atomic mass is 10.1. The van der Waals surface area contributed by atoms with Gasteiger partial charge in [-0.25, -0.2) is 4.79 Å². The minimum absolute atomic E-state index is 0.199. The second-order valence-corrected chi connectivity index (χ2v) is 5.46. The zero-order valence-corrected chi connectivity index (χ0v) is 13.6. The van der Waals surface area contributed by atoms with Gasteiger partial charge in [-0.3, -0.25) is 4.79 Å². The normalized spacial score (nSPS) is 10.2. The van der Waals surface area contributed by atoms with Crippen molar-refractivity contribution >= 4 is 11.9 Å². The maximum atomic E-state index is 12.1. The van der Waals surface area contributed by atoms with Crippen LogP contribution in [0.4, 0.5) is 0 Å². The molecule has 0 N–H and O–H groups in total. The van der Waals surface area contributed by atoms with Crippen molar-refractivity contribution in [3.63, 3.8) is 0 Å². The summed E-state index contributed by atoms with van der Waals surface area (Å²) < 4.78 is 9.97.